The van der Waals surface area contributed by atoms with Crippen LogP contribution in [0.25, 0.3) is 10.8 Å². The summed E-state index contributed by atoms with van der Waals surface area (Å²) >= 11 is 1.87. The van der Waals surface area contributed by atoms with E-state index in [1.165, 1.54) is 15.7 Å². The first-order valence-electron chi connectivity index (χ1n) is 7.45. The maximum Gasteiger partial charge on any atom is 0.106 e. The molecule has 1 unspecified atom stereocenters. The molecule has 0 fully saturated rings. The number of fused-ring (bicyclic) bond motifs is 1. The van der Waals surface area contributed by atoms with Gasteiger partial charge in [-0.25, -0.2) is 0 Å². The number of nitrogens with zero attached hydrogens (tertiary/aromatic N) is 1. The lowest BCUT2D eigenvalue weighted by Gasteiger charge is -2.24. The van der Waals surface area contributed by atoms with E-state index in [1.54, 1.807) is 0 Å². The Hall–Kier alpha value is -1.50. The highest BCUT2D eigenvalue weighted by Gasteiger charge is 2.24. The van der Waals surface area contributed by atoms with Crippen molar-refractivity contribution in [2.45, 2.75) is 36.6 Å². The first-order valence-corrected chi connectivity index (χ1v) is 8.43. The summed E-state index contributed by atoms with van der Waals surface area (Å²) < 4.78 is 0. The predicted octanol–water partition coefficient (Wildman–Crippen LogP) is 4.60. The van der Waals surface area contributed by atoms with Crippen LogP contribution in [-0.2, 0) is 0 Å². The second-order valence-corrected chi connectivity index (χ2v) is 6.43. The highest BCUT2D eigenvalue weighted by Crippen LogP contribution is 2.26. The van der Waals surface area contributed by atoms with Crippen molar-refractivity contribution in [3.8, 4) is 6.07 Å². The van der Waals surface area contributed by atoms with Crippen molar-refractivity contribution in [2.75, 3.05) is 12.8 Å². The molecule has 0 saturated heterocycles. The molecule has 0 saturated carbocycles. The lowest BCUT2D eigenvalue weighted by atomic mass is 9.93. The summed E-state index contributed by atoms with van der Waals surface area (Å²) in [5, 5.41) is 15.0. The minimum Gasteiger partial charge on any atom is -0.302 e. The molecule has 0 aliphatic carbocycles. The molecule has 0 aliphatic heterocycles. The van der Waals surface area contributed by atoms with E-state index in [2.05, 4.69) is 60.8 Å². The quantitative estimate of drug-likeness (QED) is 0.599. The Kier molecular flexibility index (Phi) is 5.67. The summed E-state index contributed by atoms with van der Waals surface area (Å²) in [6.07, 6.45) is 2.79. The Morgan fingerprint density at radius 1 is 1.19 bits per heavy atom. The summed E-state index contributed by atoms with van der Waals surface area (Å²) in [6, 6.07) is 17.5. The van der Waals surface area contributed by atoms with Gasteiger partial charge in [0.15, 0.2) is 0 Å². The van der Waals surface area contributed by atoms with Crippen LogP contribution in [0.5, 0.6) is 0 Å². The fraction of sp³-hybridized carbons (Fsp3) is 0.389. The molecule has 21 heavy (non-hydrogen) atoms. The summed E-state index contributed by atoms with van der Waals surface area (Å²) in [4.78, 5) is 1.30. The van der Waals surface area contributed by atoms with Crippen LogP contribution in [0.4, 0.5) is 0 Å². The molecule has 3 heteroatoms. The molecule has 2 aromatic carbocycles. The van der Waals surface area contributed by atoms with Gasteiger partial charge in [-0.15, -0.1) is 11.8 Å². The van der Waals surface area contributed by atoms with Gasteiger partial charge in [-0.1, -0.05) is 37.3 Å². The van der Waals surface area contributed by atoms with Gasteiger partial charge >= 0.3 is 0 Å². The van der Waals surface area contributed by atoms with Gasteiger partial charge in [0.2, 0.25) is 0 Å². The predicted molar refractivity (Wildman–Crippen MR) is 91.6 cm³/mol. The van der Waals surface area contributed by atoms with Crippen LogP contribution in [-0.4, -0.2) is 18.3 Å². The summed E-state index contributed by atoms with van der Waals surface area (Å²) in [5.74, 6) is 1.05. The van der Waals surface area contributed by atoms with Crippen LogP contribution in [0, 0.1) is 11.3 Å². The van der Waals surface area contributed by atoms with Crippen molar-refractivity contribution >= 4 is 22.5 Å². The third-order valence-electron chi connectivity index (χ3n) is 4.03. The van der Waals surface area contributed by atoms with Crippen molar-refractivity contribution < 1.29 is 0 Å². The molecule has 0 heterocycles. The van der Waals surface area contributed by atoms with Gasteiger partial charge in [-0.05, 0) is 55.0 Å². The zero-order chi connectivity index (χ0) is 15.1. The largest absolute Gasteiger partial charge is 0.302 e. The second kappa shape index (κ2) is 7.49. The van der Waals surface area contributed by atoms with Crippen molar-refractivity contribution in [3.63, 3.8) is 0 Å². The summed E-state index contributed by atoms with van der Waals surface area (Å²) in [6.45, 7) is 2.07. The average Bonchev–Trinajstić information content (AvgIpc) is 2.55. The van der Waals surface area contributed by atoms with Crippen LogP contribution in [0.3, 0.4) is 0 Å². The third-order valence-corrected chi connectivity index (χ3v) is 5.11. The number of thioether (sulfide) groups is 1. The summed E-state index contributed by atoms with van der Waals surface area (Å²) in [5.41, 5.74) is -0.357. The van der Waals surface area contributed by atoms with Crippen LogP contribution < -0.4 is 5.32 Å². The van der Waals surface area contributed by atoms with Crippen LogP contribution in [0.2, 0.25) is 0 Å². The van der Waals surface area contributed by atoms with Gasteiger partial charge in [-0.3, -0.25) is 0 Å². The number of benzene rings is 2. The zero-order valence-electron chi connectivity index (χ0n) is 12.7. The highest BCUT2D eigenvalue weighted by molar-refractivity contribution is 7.99. The first kappa shape index (κ1) is 15.9. The van der Waals surface area contributed by atoms with Crippen LogP contribution >= 0.6 is 11.8 Å². The Morgan fingerprint density at radius 3 is 2.62 bits per heavy atom. The second-order valence-electron chi connectivity index (χ2n) is 5.26. The molecule has 0 radical (unpaired) electrons. The lowest BCUT2D eigenvalue weighted by molar-refractivity contribution is 0.400. The van der Waals surface area contributed by atoms with Gasteiger partial charge in [0.1, 0.15) is 5.54 Å². The minimum absolute atomic E-state index is 0.357. The highest BCUT2D eigenvalue weighted by atomic mass is 32.2. The number of nitriles is 1. The standard InChI is InChI=1S/C18H22N2S/c1-3-18(14-19,20-2)11-6-12-21-17-10-9-15-7-4-5-8-16(15)13-17/h4-5,7-10,13,20H,3,6,11-12H2,1-2H3. The van der Waals surface area contributed by atoms with Crippen molar-refractivity contribution in [1.29, 1.82) is 5.26 Å². The maximum absolute atomic E-state index is 9.29. The molecule has 0 aromatic heterocycles. The SMILES string of the molecule is CCC(C#N)(CCCSc1ccc2ccccc2c1)NC. The van der Waals surface area contributed by atoms with Crippen molar-refractivity contribution in [3.05, 3.63) is 42.5 Å². The molecule has 110 valence electrons. The normalized spacial score (nSPS) is 13.8. The van der Waals surface area contributed by atoms with E-state index in [0.29, 0.717) is 0 Å². The Balaban J connectivity index is 1.89. The fourth-order valence-electron chi connectivity index (χ4n) is 2.49. The van der Waals surface area contributed by atoms with Gasteiger partial charge in [-0.2, -0.15) is 5.26 Å². The van der Waals surface area contributed by atoms with E-state index in [9.17, 15) is 5.26 Å². The number of hydrogen-bond acceptors (Lipinski definition) is 3. The van der Waals surface area contributed by atoms with E-state index in [1.807, 2.05) is 18.8 Å². The molecule has 2 nitrogen and oxygen atoms in total. The smallest absolute Gasteiger partial charge is 0.106 e. The van der Waals surface area contributed by atoms with Gasteiger partial charge in [0, 0.05) is 4.90 Å². The molecule has 1 atom stereocenters. The van der Waals surface area contributed by atoms with E-state index < -0.39 is 0 Å². The monoisotopic (exact) mass is 298 g/mol. The topological polar surface area (TPSA) is 35.8 Å². The van der Waals surface area contributed by atoms with Crippen LogP contribution in [0.1, 0.15) is 26.2 Å². The van der Waals surface area contributed by atoms with Gasteiger partial charge < -0.3 is 5.32 Å². The molecule has 0 amide bonds. The fourth-order valence-corrected chi connectivity index (χ4v) is 3.39. The molecule has 0 spiro atoms. The number of hydrogen-bond donors (Lipinski definition) is 1. The third kappa shape index (κ3) is 4.00. The molecule has 2 rings (SSSR count). The van der Waals surface area contributed by atoms with Crippen molar-refractivity contribution in [1.82, 2.24) is 5.32 Å². The Bertz CT molecular complexity index is 626. The van der Waals surface area contributed by atoms with Gasteiger partial charge in [0.05, 0.1) is 6.07 Å². The minimum atomic E-state index is -0.357. The number of nitrogens with one attached hydrogen (secondary N) is 1. The molecule has 1 N–H and O–H groups in total. The van der Waals surface area contributed by atoms with E-state index >= 15 is 0 Å². The molecule has 0 bridgehead atoms. The summed E-state index contributed by atoms with van der Waals surface area (Å²) in [7, 11) is 1.88. The van der Waals surface area contributed by atoms with Crippen molar-refractivity contribution in [2.24, 2.45) is 0 Å². The van der Waals surface area contributed by atoms with E-state index in [0.717, 1.165) is 25.0 Å². The van der Waals surface area contributed by atoms with E-state index in [4.69, 9.17) is 0 Å². The Morgan fingerprint density at radius 2 is 1.95 bits per heavy atom. The first-order chi connectivity index (χ1) is 10.2. The number of rotatable bonds is 7. The molecule has 0 aliphatic rings. The molecular formula is C18H22N2S. The lowest BCUT2D eigenvalue weighted by Crippen LogP contribution is -2.40. The van der Waals surface area contributed by atoms with E-state index in [-0.39, 0.29) is 5.54 Å². The van der Waals surface area contributed by atoms with Gasteiger partial charge in [0.25, 0.3) is 0 Å². The maximum atomic E-state index is 9.29. The Labute approximate surface area is 131 Å². The molecular weight excluding hydrogens is 276 g/mol. The average molecular weight is 298 g/mol. The molecule has 2 aromatic rings. The van der Waals surface area contributed by atoms with Crippen LogP contribution in [0.15, 0.2) is 47.4 Å². The zero-order valence-corrected chi connectivity index (χ0v) is 13.5.